The molecular formula is C23H17BrClFN2O3. The summed E-state index contributed by atoms with van der Waals surface area (Å²) in [5.41, 5.74) is 2.63. The molecule has 0 saturated carbocycles. The monoisotopic (exact) mass is 502 g/mol. The molecule has 0 aliphatic carbocycles. The molecule has 2 heterocycles. The number of aromatic hydroxyl groups is 1. The molecule has 2 aliphatic heterocycles. The highest BCUT2D eigenvalue weighted by molar-refractivity contribution is 9.10. The van der Waals surface area contributed by atoms with Crippen molar-refractivity contribution in [3.8, 4) is 17.2 Å². The van der Waals surface area contributed by atoms with Gasteiger partial charge in [0, 0.05) is 38.8 Å². The van der Waals surface area contributed by atoms with E-state index in [1.807, 2.05) is 18.2 Å². The predicted octanol–water partition coefficient (Wildman–Crippen LogP) is 5.90. The third-order valence-corrected chi connectivity index (χ3v) is 6.09. The molecule has 0 saturated heterocycles. The van der Waals surface area contributed by atoms with Gasteiger partial charge in [0.05, 0.1) is 0 Å². The molecule has 0 spiro atoms. The van der Waals surface area contributed by atoms with Crippen molar-refractivity contribution in [2.24, 2.45) is 4.99 Å². The first-order valence-corrected chi connectivity index (χ1v) is 10.8. The molecule has 5 rings (SSSR count). The minimum atomic E-state index is -0.657. The van der Waals surface area contributed by atoms with E-state index in [2.05, 4.69) is 21.2 Å². The molecule has 0 radical (unpaired) electrons. The van der Waals surface area contributed by atoms with E-state index in [9.17, 15) is 9.50 Å². The molecule has 2 N–H and O–H groups in total. The summed E-state index contributed by atoms with van der Waals surface area (Å²) in [6.45, 7) is 0.178. The normalized spacial score (nSPS) is 19.9. The first-order valence-electron chi connectivity index (χ1n) is 9.64. The first-order chi connectivity index (χ1) is 15.0. The maximum atomic E-state index is 14.7. The number of benzene rings is 3. The molecule has 3 aromatic carbocycles. The zero-order valence-corrected chi connectivity index (χ0v) is 18.5. The van der Waals surface area contributed by atoms with E-state index in [0.717, 1.165) is 15.7 Å². The molecule has 0 amide bonds. The van der Waals surface area contributed by atoms with Crippen molar-refractivity contribution in [2.45, 2.75) is 18.6 Å². The summed E-state index contributed by atoms with van der Waals surface area (Å²) >= 11 is 9.59. The van der Waals surface area contributed by atoms with Crippen molar-refractivity contribution >= 4 is 33.2 Å². The van der Waals surface area contributed by atoms with E-state index >= 15 is 0 Å². The van der Waals surface area contributed by atoms with Gasteiger partial charge in [0.15, 0.2) is 11.5 Å². The number of phenols is 1. The third kappa shape index (κ3) is 4.01. The minimum Gasteiger partial charge on any atom is -0.508 e. The number of phenolic OH excluding ortho intramolecular Hbond substituents is 1. The lowest BCUT2D eigenvalue weighted by molar-refractivity contribution is 0.174. The molecule has 3 aromatic rings. The maximum Gasteiger partial charge on any atom is 0.231 e. The van der Waals surface area contributed by atoms with Gasteiger partial charge in [-0.15, -0.1) is 0 Å². The standard InChI is InChI=1S/C23H17BrClFN2O3/c24-13-2-4-17(26)15(8-13)23-27-18(12-1-6-21-22(7-12)31-11-30-21)10-19(28-23)16-9-14(25)3-5-20(16)29/h1-9,19,23,28-29H,10-11H2/t19-,23+/m0/s1. The number of nitrogens with zero attached hydrogens (tertiary/aromatic N) is 1. The van der Waals surface area contributed by atoms with Crippen molar-refractivity contribution < 1.29 is 19.0 Å². The van der Waals surface area contributed by atoms with Gasteiger partial charge in [-0.05, 0) is 60.2 Å². The van der Waals surface area contributed by atoms with Crippen LogP contribution in [0.3, 0.4) is 0 Å². The summed E-state index contributed by atoms with van der Waals surface area (Å²) in [5.74, 6) is 1.07. The average molecular weight is 504 g/mol. The Morgan fingerprint density at radius 3 is 2.74 bits per heavy atom. The van der Waals surface area contributed by atoms with Crippen LogP contribution < -0.4 is 14.8 Å². The molecule has 31 heavy (non-hydrogen) atoms. The smallest absolute Gasteiger partial charge is 0.231 e. The zero-order chi connectivity index (χ0) is 21.5. The van der Waals surface area contributed by atoms with Gasteiger partial charge in [0.1, 0.15) is 17.7 Å². The summed E-state index contributed by atoms with van der Waals surface area (Å²) in [4.78, 5) is 4.81. The molecule has 8 heteroatoms. The summed E-state index contributed by atoms with van der Waals surface area (Å²) in [6, 6.07) is 14.9. The van der Waals surface area contributed by atoms with Gasteiger partial charge in [-0.1, -0.05) is 27.5 Å². The Morgan fingerprint density at radius 2 is 1.87 bits per heavy atom. The summed E-state index contributed by atoms with van der Waals surface area (Å²) in [5, 5.41) is 14.3. The number of fused-ring (bicyclic) bond motifs is 1. The lowest BCUT2D eigenvalue weighted by Crippen LogP contribution is -2.33. The van der Waals surface area contributed by atoms with Gasteiger partial charge in [-0.25, -0.2) is 4.39 Å². The van der Waals surface area contributed by atoms with Crippen LogP contribution in [0.4, 0.5) is 4.39 Å². The molecule has 0 unspecified atom stereocenters. The van der Waals surface area contributed by atoms with E-state index in [4.69, 9.17) is 26.1 Å². The van der Waals surface area contributed by atoms with E-state index in [0.29, 0.717) is 34.1 Å². The minimum absolute atomic E-state index is 0.113. The van der Waals surface area contributed by atoms with Crippen molar-refractivity contribution in [1.29, 1.82) is 0 Å². The second-order valence-electron chi connectivity index (χ2n) is 7.34. The molecular weight excluding hydrogens is 487 g/mol. The lowest BCUT2D eigenvalue weighted by atomic mass is 9.93. The molecule has 5 nitrogen and oxygen atoms in total. The van der Waals surface area contributed by atoms with E-state index in [-0.39, 0.29) is 24.4 Å². The fourth-order valence-corrected chi connectivity index (χ4v) is 4.40. The maximum absolute atomic E-state index is 14.7. The Hall–Kier alpha value is -2.61. The fraction of sp³-hybridized carbons (Fsp3) is 0.174. The third-order valence-electron chi connectivity index (χ3n) is 5.36. The highest BCUT2D eigenvalue weighted by Gasteiger charge is 2.30. The number of aliphatic imine (C=N–C) groups is 1. The molecule has 0 fully saturated rings. The van der Waals surface area contributed by atoms with Crippen LogP contribution in [0.5, 0.6) is 17.2 Å². The van der Waals surface area contributed by atoms with Crippen molar-refractivity contribution in [3.05, 3.63) is 86.6 Å². The fourth-order valence-electron chi connectivity index (χ4n) is 3.84. The first kappa shape index (κ1) is 20.3. The highest BCUT2D eigenvalue weighted by Crippen LogP contribution is 2.38. The number of ether oxygens (including phenoxy) is 2. The van der Waals surface area contributed by atoms with Crippen LogP contribution in [0.1, 0.15) is 35.3 Å². The molecule has 2 aliphatic rings. The van der Waals surface area contributed by atoms with Crippen LogP contribution in [0, 0.1) is 5.82 Å². The van der Waals surface area contributed by atoms with E-state index < -0.39 is 6.17 Å². The van der Waals surface area contributed by atoms with Crippen LogP contribution in [-0.4, -0.2) is 17.6 Å². The van der Waals surface area contributed by atoms with Gasteiger partial charge in [0.25, 0.3) is 0 Å². The van der Waals surface area contributed by atoms with Gasteiger partial charge < -0.3 is 14.6 Å². The van der Waals surface area contributed by atoms with Gasteiger partial charge in [-0.2, -0.15) is 0 Å². The van der Waals surface area contributed by atoms with Crippen molar-refractivity contribution in [1.82, 2.24) is 5.32 Å². The number of hydrogen-bond donors (Lipinski definition) is 2. The Labute approximate surface area is 191 Å². The predicted molar refractivity (Wildman–Crippen MR) is 120 cm³/mol. The van der Waals surface area contributed by atoms with Crippen molar-refractivity contribution in [3.63, 3.8) is 0 Å². The van der Waals surface area contributed by atoms with Crippen LogP contribution in [0.15, 0.2) is 64.1 Å². The van der Waals surface area contributed by atoms with Crippen LogP contribution in [0.25, 0.3) is 0 Å². The average Bonchev–Trinajstić information content (AvgIpc) is 3.24. The Bertz CT molecular complexity index is 1200. The number of rotatable bonds is 3. The van der Waals surface area contributed by atoms with Crippen LogP contribution >= 0.6 is 27.5 Å². The van der Waals surface area contributed by atoms with Gasteiger partial charge in [-0.3, -0.25) is 10.3 Å². The van der Waals surface area contributed by atoms with Crippen molar-refractivity contribution in [2.75, 3.05) is 6.79 Å². The molecule has 0 aromatic heterocycles. The summed E-state index contributed by atoms with van der Waals surface area (Å²) < 4.78 is 26.4. The Morgan fingerprint density at radius 1 is 1.03 bits per heavy atom. The molecule has 0 bridgehead atoms. The number of nitrogens with one attached hydrogen (secondary N) is 1. The number of halogens is 3. The second kappa shape index (κ2) is 8.15. The molecule has 2 atom stereocenters. The zero-order valence-electron chi connectivity index (χ0n) is 16.1. The number of hydrogen-bond acceptors (Lipinski definition) is 5. The summed E-state index contributed by atoms with van der Waals surface area (Å²) in [6.07, 6.45) is -0.185. The summed E-state index contributed by atoms with van der Waals surface area (Å²) in [7, 11) is 0. The van der Waals surface area contributed by atoms with Gasteiger partial charge in [0.2, 0.25) is 6.79 Å². The van der Waals surface area contributed by atoms with E-state index in [1.165, 1.54) is 6.07 Å². The van der Waals surface area contributed by atoms with Crippen LogP contribution in [-0.2, 0) is 0 Å². The Kier molecular flexibility index (Phi) is 5.33. The lowest BCUT2D eigenvalue weighted by Gasteiger charge is -2.31. The van der Waals surface area contributed by atoms with Gasteiger partial charge >= 0.3 is 0 Å². The highest BCUT2D eigenvalue weighted by atomic mass is 79.9. The Balaban J connectivity index is 1.60. The topological polar surface area (TPSA) is 63.1 Å². The SMILES string of the molecule is Oc1ccc(Cl)cc1[C@@H]1CC(c2ccc3c(c2)OCO3)=N[C@@H](c2cc(Br)ccc2F)N1. The quantitative estimate of drug-likeness (QED) is 0.467. The second-order valence-corrected chi connectivity index (χ2v) is 8.69. The van der Waals surface area contributed by atoms with E-state index in [1.54, 1.807) is 30.3 Å². The van der Waals surface area contributed by atoms with Crippen LogP contribution in [0.2, 0.25) is 5.02 Å². The molecule has 158 valence electrons. The largest absolute Gasteiger partial charge is 0.508 e.